The van der Waals surface area contributed by atoms with Gasteiger partial charge in [0.2, 0.25) is 0 Å². The van der Waals surface area contributed by atoms with Gasteiger partial charge in [-0.05, 0) is 0 Å². The van der Waals surface area contributed by atoms with Gasteiger partial charge in [0.1, 0.15) is 0 Å². The summed E-state index contributed by atoms with van der Waals surface area (Å²) in [6, 6.07) is 8.77. The van der Waals surface area contributed by atoms with Gasteiger partial charge in [-0.15, -0.1) is 0 Å². The van der Waals surface area contributed by atoms with E-state index < -0.39 is 7.49 Å². The zero-order valence-corrected chi connectivity index (χ0v) is 22.0. The number of nitrogens with zero attached hydrogens (tertiary/aromatic N) is 4. The van der Waals surface area contributed by atoms with Crippen LogP contribution in [0.3, 0.4) is 0 Å². The minimum atomic E-state index is -2.59. The van der Waals surface area contributed by atoms with Crippen LogP contribution in [0.2, 0.25) is 0 Å². The molecule has 2 fully saturated rings. The summed E-state index contributed by atoms with van der Waals surface area (Å²) in [6.07, 6.45) is 4.17. The van der Waals surface area contributed by atoms with Gasteiger partial charge < -0.3 is 0 Å². The Labute approximate surface area is 211 Å². The normalized spacial score (nSPS) is 19.8. The van der Waals surface area contributed by atoms with Crippen molar-refractivity contribution in [1.82, 2.24) is 19.9 Å². The van der Waals surface area contributed by atoms with Crippen LogP contribution in [0, 0.1) is 11.3 Å². The summed E-state index contributed by atoms with van der Waals surface area (Å²) in [5.74, 6) is 1.63. The molecule has 2 saturated heterocycles. The monoisotopic (exact) mass is 511 g/mol. The number of nitriles is 1. The minimum absolute atomic E-state index is 0.181. The Kier molecular flexibility index (Phi) is 7.00. The Morgan fingerprint density at radius 3 is 2.75 bits per heavy atom. The maximum atomic E-state index is 11.6. The average molecular weight is 512 g/mol. The molecule has 0 unspecified atom stereocenters. The van der Waals surface area contributed by atoms with E-state index in [0.717, 1.165) is 50.4 Å². The SMILES string of the molecule is CC[C@H](C)Nc1nc(Nc2ccc([PH]3(O)CCN(C4COC4)CC3)cc2OC)nc2[nH]cc(C#N)c12. The van der Waals surface area contributed by atoms with Crippen LogP contribution >= 0.6 is 7.49 Å². The Balaban J connectivity index is 1.39. The van der Waals surface area contributed by atoms with E-state index in [4.69, 9.17) is 9.47 Å². The molecule has 2 aliphatic rings. The van der Waals surface area contributed by atoms with Gasteiger partial charge in [0.15, 0.2) is 0 Å². The zero-order chi connectivity index (χ0) is 25.3. The third-order valence-corrected chi connectivity index (χ3v) is 10.9. The molecular weight excluding hydrogens is 477 g/mol. The molecule has 0 aliphatic carbocycles. The number of nitrogens with one attached hydrogen (secondary N) is 3. The number of benzene rings is 1. The summed E-state index contributed by atoms with van der Waals surface area (Å²) in [4.78, 5) is 26.4. The van der Waals surface area contributed by atoms with Crippen LogP contribution in [0.5, 0.6) is 5.75 Å². The van der Waals surface area contributed by atoms with Crippen LogP contribution in [0.15, 0.2) is 24.4 Å². The summed E-state index contributed by atoms with van der Waals surface area (Å²) in [5, 5.41) is 17.8. The van der Waals surface area contributed by atoms with Crippen LogP contribution in [0.4, 0.5) is 17.5 Å². The number of ether oxygens (including phenoxy) is 2. The molecule has 10 nitrogen and oxygen atoms in total. The molecule has 1 atom stereocenters. The van der Waals surface area contributed by atoms with Gasteiger partial charge >= 0.3 is 211 Å². The van der Waals surface area contributed by atoms with Crippen LogP contribution in [-0.2, 0) is 4.74 Å². The number of hydrogen-bond donors (Lipinski definition) is 4. The van der Waals surface area contributed by atoms with Crippen molar-refractivity contribution in [2.45, 2.75) is 32.4 Å². The molecule has 36 heavy (non-hydrogen) atoms. The molecule has 0 saturated carbocycles. The third kappa shape index (κ3) is 4.72. The van der Waals surface area contributed by atoms with Crippen molar-refractivity contribution in [3.8, 4) is 11.8 Å². The van der Waals surface area contributed by atoms with Gasteiger partial charge in [0, 0.05) is 0 Å². The number of H-pyrrole nitrogens is 1. The van der Waals surface area contributed by atoms with Gasteiger partial charge in [-0.3, -0.25) is 0 Å². The Morgan fingerprint density at radius 2 is 2.11 bits per heavy atom. The number of anilines is 3. The van der Waals surface area contributed by atoms with E-state index in [0.29, 0.717) is 45.8 Å². The molecule has 2 aromatic heterocycles. The predicted molar refractivity (Wildman–Crippen MR) is 144 cm³/mol. The Hall–Kier alpha value is -2.96. The van der Waals surface area contributed by atoms with E-state index in [1.165, 1.54) is 0 Å². The molecule has 4 N–H and O–H groups in total. The van der Waals surface area contributed by atoms with Gasteiger partial charge in [0.25, 0.3) is 0 Å². The van der Waals surface area contributed by atoms with E-state index in [1.54, 1.807) is 13.3 Å². The number of aromatic nitrogens is 3. The molecule has 192 valence electrons. The molecule has 4 heterocycles. The first-order valence-electron chi connectivity index (χ1n) is 12.5. The van der Waals surface area contributed by atoms with Crippen molar-refractivity contribution < 1.29 is 14.4 Å². The average Bonchev–Trinajstić information content (AvgIpc) is 3.28. The van der Waals surface area contributed by atoms with Crippen LogP contribution in [-0.4, -0.2) is 82.6 Å². The van der Waals surface area contributed by atoms with E-state index in [-0.39, 0.29) is 6.04 Å². The molecule has 0 spiro atoms. The van der Waals surface area contributed by atoms with E-state index in [9.17, 15) is 10.2 Å². The van der Waals surface area contributed by atoms with E-state index in [1.807, 2.05) is 18.2 Å². The second-order valence-electron chi connectivity index (χ2n) is 9.69. The summed E-state index contributed by atoms with van der Waals surface area (Å²) in [6.45, 7) is 7.57. The topological polar surface area (TPSA) is 131 Å². The van der Waals surface area contributed by atoms with Crippen molar-refractivity contribution in [3.63, 3.8) is 0 Å². The van der Waals surface area contributed by atoms with Crippen LogP contribution < -0.4 is 20.7 Å². The third-order valence-electron chi connectivity index (χ3n) is 7.39. The molecule has 11 heteroatoms. The number of rotatable bonds is 8. The number of hydrogen-bond acceptors (Lipinski definition) is 9. The quantitative estimate of drug-likeness (QED) is 0.337. The fourth-order valence-corrected chi connectivity index (χ4v) is 7.74. The number of aromatic amines is 1. The summed E-state index contributed by atoms with van der Waals surface area (Å²) in [7, 11) is -0.964. The summed E-state index contributed by atoms with van der Waals surface area (Å²) >= 11 is 0. The predicted octanol–water partition coefficient (Wildman–Crippen LogP) is 2.79. The molecule has 5 rings (SSSR count). The van der Waals surface area contributed by atoms with Crippen molar-refractivity contribution in [2.75, 3.05) is 56.4 Å². The van der Waals surface area contributed by atoms with E-state index >= 15 is 0 Å². The number of fused-ring (bicyclic) bond motifs is 1. The van der Waals surface area contributed by atoms with Crippen LogP contribution in [0.1, 0.15) is 25.8 Å². The second kappa shape index (κ2) is 10.2. The molecule has 0 amide bonds. The fraction of sp³-hybridized carbons (Fsp3) is 0.480. The fourth-order valence-electron chi connectivity index (χ4n) is 4.80. The zero-order valence-electron chi connectivity index (χ0n) is 21.0. The molecule has 3 aromatic rings. The molecule has 0 bridgehead atoms. The van der Waals surface area contributed by atoms with Gasteiger partial charge in [0.05, 0.1) is 0 Å². The van der Waals surface area contributed by atoms with E-state index in [2.05, 4.69) is 50.4 Å². The van der Waals surface area contributed by atoms with Crippen molar-refractivity contribution in [2.24, 2.45) is 0 Å². The maximum absolute atomic E-state index is 11.6. The molecule has 2 aliphatic heterocycles. The Morgan fingerprint density at radius 1 is 1.33 bits per heavy atom. The van der Waals surface area contributed by atoms with Gasteiger partial charge in [-0.2, -0.15) is 0 Å². The molecule has 1 aromatic carbocycles. The summed E-state index contributed by atoms with van der Waals surface area (Å²) < 4.78 is 11.0. The molecular formula is C25H34N7O3P. The Bertz CT molecular complexity index is 1280. The first-order chi connectivity index (χ1) is 17.4. The van der Waals surface area contributed by atoms with Crippen molar-refractivity contribution in [3.05, 3.63) is 30.0 Å². The standard InChI is InChI=1S/C25H34N7O3P/c1-4-16(2)28-24-22-17(12-26)13-27-23(22)30-25(31-24)29-20-6-5-19(11-21(20)34-3)36(33)9-7-32(8-10-36)18-14-35-15-18/h5-6,11,13,16,18,33,36H,4,7-10,14-15H2,1-3H3,(H3,27,28,29,30,31)/t16-/m0/s1. The summed E-state index contributed by atoms with van der Waals surface area (Å²) in [5.41, 5.74) is 1.79. The first-order valence-corrected chi connectivity index (χ1v) is 14.9. The number of methoxy groups -OCH3 is 1. The van der Waals surface area contributed by atoms with Gasteiger partial charge in [-0.1, -0.05) is 0 Å². The van der Waals surface area contributed by atoms with Gasteiger partial charge in [-0.25, -0.2) is 0 Å². The van der Waals surface area contributed by atoms with Crippen LogP contribution in [0.25, 0.3) is 11.0 Å². The second-order valence-corrected chi connectivity index (χ2v) is 13.3. The van der Waals surface area contributed by atoms with Crippen molar-refractivity contribution in [1.29, 1.82) is 5.26 Å². The molecule has 0 radical (unpaired) electrons. The van der Waals surface area contributed by atoms with Crippen molar-refractivity contribution >= 4 is 41.3 Å². The first kappa shape index (κ1) is 24.7.